The molecule has 0 saturated heterocycles. The maximum absolute atomic E-state index is 12.2. The molecular formula is C18H21N5O. The minimum Gasteiger partial charge on any atom is -0.348 e. The second kappa shape index (κ2) is 6.70. The first-order valence-electron chi connectivity index (χ1n) is 7.88. The van der Waals surface area contributed by atoms with E-state index in [2.05, 4.69) is 27.6 Å². The lowest BCUT2D eigenvalue weighted by atomic mass is 10.2. The summed E-state index contributed by atoms with van der Waals surface area (Å²) < 4.78 is 3.60. The minimum absolute atomic E-state index is 0.127. The Morgan fingerprint density at radius 3 is 2.62 bits per heavy atom. The Hall–Kier alpha value is -2.89. The van der Waals surface area contributed by atoms with Gasteiger partial charge >= 0.3 is 0 Å². The highest BCUT2D eigenvalue weighted by molar-refractivity contribution is 5.93. The van der Waals surface area contributed by atoms with E-state index in [0.29, 0.717) is 12.1 Å². The number of carbonyl (C=O) groups excluding carboxylic acids is 1. The summed E-state index contributed by atoms with van der Waals surface area (Å²) in [7, 11) is 1.79. The summed E-state index contributed by atoms with van der Waals surface area (Å²) in [6.07, 6.45) is 3.27. The summed E-state index contributed by atoms with van der Waals surface area (Å²) in [5, 5.41) is 11.6. The summed E-state index contributed by atoms with van der Waals surface area (Å²) >= 11 is 0. The minimum atomic E-state index is -0.127. The molecule has 0 atom stereocenters. The Labute approximate surface area is 141 Å². The van der Waals surface area contributed by atoms with E-state index in [1.807, 2.05) is 36.7 Å². The van der Waals surface area contributed by atoms with Crippen molar-refractivity contribution in [1.29, 1.82) is 0 Å². The second-order valence-corrected chi connectivity index (χ2v) is 5.88. The van der Waals surface area contributed by atoms with Crippen LogP contribution in [-0.4, -0.2) is 25.5 Å². The average Bonchev–Trinajstić information content (AvgIpc) is 3.11. The standard InChI is InChI=1S/C18H21N5O/c1-13-17(10-19-18(24)16-9-20-22(3)12-16)14(2)23(21-13)11-15-7-5-4-6-8-15/h4-9,12H,10-11H2,1-3H3,(H,19,24). The first kappa shape index (κ1) is 16.0. The highest BCUT2D eigenvalue weighted by Crippen LogP contribution is 2.15. The monoisotopic (exact) mass is 323 g/mol. The van der Waals surface area contributed by atoms with E-state index in [0.717, 1.165) is 23.5 Å². The van der Waals surface area contributed by atoms with Crippen LogP contribution in [0.2, 0.25) is 0 Å². The fraction of sp³-hybridized carbons (Fsp3) is 0.278. The van der Waals surface area contributed by atoms with Crippen LogP contribution in [0.25, 0.3) is 0 Å². The summed E-state index contributed by atoms with van der Waals surface area (Å²) in [6.45, 7) is 5.19. The molecule has 6 nitrogen and oxygen atoms in total. The van der Waals surface area contributed by atoms with Crippen LogP contribution in [0.4, 0.5) is 0 Å². The Morgan fingerprint density at radius 2 is 1.96 bits per heavy atom. The molecule has 124 valence electrons. The predicted octanol–water partition coefficient (Wildman–Crippen LogP) is 2.21. The maximum Gasteiger partial charge on any atom is 0.254 e. The van der Waals surface area contributed by atoms with Crippen molar-refractivity contribution in [2.45, 2.75) is 26.9 Å². The van der Waals surface area contributed by atoms with E-state index in [1.165, 1.54) is 5.56 Å². The van der Waals surface area contributed by atoms with Gasteiger partial charge in [0.2, 0.25) is 0 Å². The van der Waals surface area contributed by atoms with Gasteiger partial charge in [-0.05, 0) is 19.4 Å². The van der Waals surface area contributed by atoms with Crippen molar-refractivity contribution in [2.24, 2.45) is 7.05 Å². The van der Waals surface area contributed by atoms with Crippen molar-refractivity contribution in [3.05, 3.63) is 70.8 Å². The lowest BCUT2D eigenvalue weighted by Crippen LogP contribution is -2.23. The fourth-order valence-electron chi connectivity index (χ4n) is 2.71. The van der Waals surface area contributed by atoms with Gasteiger partial charge in [0.25, 0.3) is 5.91 Å². The number of hydrogen-bond donors (Lipinski definition) is 1. The molecule has 1 amide bonds. The van der Waals surface area contributed by atoms with E-state index >= 15 is 0 Å². The van der Waals surface area contributed by atoms with E-state index in [1.54, 1.807) is 24.1 Å². The fourth-order valence-corrected chi connectivity index (χ4v) is 2.71. The van der Waals surface area contributed by atoms with E-state index < -0.39 is 0 Å². The molecule has 6 heteroatoms. The van der Waals surface area contributed by atoms with E-state index in [4.69, 9.17) is 0 Å². The molecule has 0 aliphatic rings. The molecule has 1 aromatic carbocycles. The zero-order valence-electron chi connectivity index (χ0n) is 14.2. The number of aryl methyl sites for hydroxylation is 2. The van der Waals surface area contributed by atoms with Crippen molar-refractivity contribution in [3.63, 3.8) is 0 Å². The third-order valence-corrected chi connectivity index (χ3v) is 4.10. The van der Waals surface area contributed by atoms with Crippen LogP contribution in [-0.2, 0) is 20.1 Å². The van der Waals surface area contributed by atoms with E-state index in [9.17, 15) is 4.79 Å². The van der Waals surface area contributed by atoms with Crippen LogP contribution in [0.15, 0.2) is 42.7 Å². The number of aromatic nitrogens is 4. The molecule has 3 rings (SSSR count). The summed E-state index contributed by atoms with van der Waals surface area (Å²) in [5.41, 5.74) is 4.83. The van der Waals surface area contributed by atoms with Crippen molar-refractivity contribution in [2.75, 3.05) is 0 Å². The first-order chi connectivity index (χ1) is 11.5. The number of hydrogen-bond acceptors (Lipinski definition) is 3. The molecule has 1 N–H and O–H groups in total. The largest absolute Gasteiger partial charge is 0.348 e. The number of benzene rings is 1. The lowest BCUT2D eigenvalue weighted by Gasteiger charge is -2.07. The molecule has 0 aliphatic carbocycles. The van der Waals surface area contributed by atoms with Crippen molar-refractivity contribution in [1.82, 2.24) is 24.9 Å². The van der Waals surface area contributed by atoms with Gasteiger partial charge in [0.1, 0.15) is 0 Å². The van der Waals surface area contributed by atoms with Crippen LogP contribution in [0, 0.1) is 13.8 Å². The van der Waals surface area contributed by atoms with Gasteiger partial charge in [-0.15, -0.1) is 0 Å². The Balaban J connectivity index is 1.71. The van der Waals surface area contributed by atoms with Gasteiger partial charge in [-0.1, -0.05) is 30.3 Å². The first-order valence-corrected chi connectivity index (χ1v) is 7.88. The van der Waals surface area contributed by atoms with E-state index in [-0.39, 0.29) is 5.91 Å². The molecule has 2 aromatic heterocycles. The molecular weight excluding hydrogens is 302 g/mol. The molecule has 24 heavy (non-hydrogen) atoms. The van der Waals surface area contributed by atoms with Gasteiger partial charge in [0.05, 0.1) is 24.0 Å². The van der Waals surface area contributed by atoms with Gasteiger partial charge in [-0.25, -0.2) is 0 Å². The molecule has 2 heterocycles. The van der Waals surface area contributed by atoms with Crippen molar-refractivity contribution in [3.8, 4) is 0 Å². The number of nitrogens with zero attached hydrogens (tertiary/aromatic N) is 4. The average molecular weight is 323 g/mol. The molecule has 0 aliphatic heterocycles. The van der Waals surface area contributed by atoms with Crippen LogP contribution in [0.1, 0.15) is 32.9 Å². The molecule has 0 fully saturated rings. The summed E-state index contributed by atoms with van der Waals surface area (Å²) in [4.78, 5) is 12.2. The summed E-state index contributed by atoms with van der Waals surface area (Å²) in [5.74, 6) is -0.127. The highest BCUT2D eigenvalue weighted by atomic mass is 16.1. The quantitative estimate of drug-likeness (QED) is 0.783. The third kappa shape index (κ3) is 3.37. The maximum atomic E-state index is 12.2. The van der Waals surface area contributed by atoms with Crippen LogP contribution in [0.5, 0.6) is 0 Å². The summed E-state index contributed by atoms with van der Waals surface area (Å²) in [6, 6.07) is 10.2. The topological polar surface area (TPSA) is 64.7 Å². The zero-order chi connectivity index (χ0) is 17.1. The Morgan fingerprint density at radius 1 is 1.21 bits per heavy atom. The van der Waals surface area contributed by atoms with Crippen LogP contribution >= 0.6 is 0 Å². The highest BCUT2D eigenvalue weighted by Gasteiger charge is 2.14. The van der Waals surface area contributed by atoms with Gasteiger partial charge in [0.15, 0.2) is 0 Å². The smallest absolute Gasteiger partial charge is 0.254 e. The third-order valence-electron chi connectivity index (χ3n) is 4.10. The van der Waals surface area contributed by atoms with Crippen molar-refractivity contribution < 1.29 is 4.79 Å². The van der Waals surface area contributed by atoms with Gasteiger partial charge in [-0.2, -0.15) is 10.2 Å². The normalized spacial score (nSPS) is 10.8. The second-order valence-electron chi connectivity index (χ2n) is 5.88. The number of rotatable bonds is 5. The number of carbonyl (C=O) groups is 1. The molecule has 0 unspecified atom stereocenters. The van der Waals surface area contributed by atoms with Gasteiger partial charge < -0.3 is 5.32 Å². The lowest BCUT2D eigenvalue weighted by molar-refractivity contribution is 0.0950. The number of nitrogens with one attached hydrogen (secondary N) is 1. The van der Waals surface area contributed by atoms with Crippen molar-refractivity contribution >= 4 is 5.91 Å². The van der Waals surface area contributed by atoms with Crippen LogP contribution in [0.3, 0.4) is 0 Å². The predicted molar refractivity (Wildman–Crippen MR) is 91.6 cm³/mol. The van der Waals surface area contributed by atoms with Gasteiger partial charge in [-0.3, -0.25) is 14.2 Å². The molecule has 0 spiro atoms. The van der Waals surface area contributed by atoms with Gasteiger partial charge in [0, 0.05) is 31.0 Å². The Kier molecular flexibility index (Phi) is 4.46. The molecule has 0 saturated carbocycles. The molecule has 0 radical (unpaired) electrons. The Bertz CT molecular complexity index is 848. The zero-order valence-corrected chi connectivity index (χ0v) is 14.2. The SMILES string of the molecule is Cc1nn(Cc2ccccc2)c(C)c1CNC(=O)c1cnn(C)c1. The molecule has 3 aromatic rings. The van der Waals surface area contributed by atoms with Crippen LogP contribution < -0.4 is 5.32 Å². The number of amides is 1. The molecule has 0 bridgehead atoms.